The summed E-state index contributed by atoms with van der Waals surface area (Å²) in [4.78, 5) is 33.4. The zero-order valence-electron chi connectivity index (χ0n) is 16.2. The third-order valence-corrected chi connectivity index (χ3v) is 6.40. The molecule has 4 rings (SSSR count). The van der Waals surface area contributed by atoms with E-state index in [-0.39, 0.29) is 17.2 Å². The highest BCUT2D eigenvalue weighted by molar-refractivity contribution is 9.10. The Morgan fingerprint density at radius 2 is 1.96 bits per heavy atom. The number of carbonyl (C=O) groups is 2. The highest BCUT2D eigenvalue weighted by atomic mass is 79.9. The average Bonchev–Trinajstić information content (AvgIpc) is 3.15. The molecule has 0 bridgehead atoms. The largest absolute Gasteiger partial charge is 0.343 e. The molecule has 1 aliphatic carbocycles. The molecule has 0 saturated heterocycles. The van der Waals surface area contributed by atoms with E-state index in [4.69, 9.17) is 0 Å². The number of fused-ring (bicyclic) bond motifs is 2. The number of benzene rings is 1. The molecule has 1 aromatic heterocycles. The van der Waals surface area contributed by atoms with E-state index < -0.39 is 0 Å². The van der Waals surface area contributed by atoms with Crippen LogP contribution in [-0.4, -0.2) is 47.2 Å². The minimum Gasteiger partial charge on any atom is -0.343 e. The van der Waals surface area contributed by atoms with E-state index >= 15 is 0 Å². The molecule has 28 heavy (non-hydrogen) atoms. The summed E-state index contributed by atoms with van der Waals surface area (Å²) >= 11 is 3.57. The van der Waals surface area contributed by atoms with Crippen LogP contribution in [0.5, 0.6) is 0 Å². The molecule has 1 aromatic carbocycles. The van der Waals surface area contributed by atoms with E-state index in [1.165, 1.54) is 23.3 Å². The van der Waals surface area contributed by atoms with Crippen LogP contribution in [0, 0.1) is 0 Å². The van der Waals surface area contributed by atoms with Gasteiger partial charge in [0.25, 0.3) is 11.8 Å². The van der Waals surface area contributed by atoms with Crippen LogP contribution in [0.25, 0.3) is 0 Å². The van der Waals surface area contributed by atoms with Gasteiger partial charge in [0.05, 0.1) is 12.2 Å². The second kappa shape index (κ2) is 7.32. The number of aromatic nitrogens is 1. The Labute approximate surface area is 173 Å². The van der Waals surface area contributed by atoms with Gasteiger partial charge in [-0.2, -0.15) is 0 Å². The van der Waals surface area contributed by atoms with E-state index in [0.717, 1.165) is 28.6 Å². The van der Waals surface area contributed by atoms with Crippen LogP contribution in [0.15, 0.2) is 40.9 Å². The van der Waals surface area contributed by atoms with Crippen LogP contribution < -0.4 is 0 Å². The van der Waals surface area contributed by atoms with E-state index in [0.29, 0.717) is 18.8 Å². The van der Waals surface area contributed by atoms with Crippen molar-refractivity contribution in [1.82, 2.24) is 14.8 Å². The molecule has 1 fully saturated rings. The minimum absolute atomic E-state index is 0.0318. The van der Waals surface area contributed by atoms with Crippen LogP contribution in [0.2, 0.25) is 0 Å². The monoisotopic (exact) mass is 441 g/mol. The molecule has 146 valence electrons. The van der Waals surface area contributed by atoms with Crippen molar-refractivity contribution in [2.75, 3.05) is 20.6 Å². The van der Waals surface area contributed by atoms with Crippen LogP contribution in [0.3, 0.4) is 0 Å². The van der Waals surface area contributed by atoms with Gasteiger partial charge in [-0.15, -0.1) is 0 Å². The number of amides is 2. The van der Waals surface area contributed by atoms with Gasteiger partial charge in [0, 0.05) is 36.1 Å². The van der Waals surface area contributed by atoms with Crippen LogP contribution in [0.4, 0.5) is 0 Å². The summed E-state index contributed by atoms with van der Waals surface area (Å²) in [6, 6.07) is 11.5. The van der Waals surface area contributed by atoms with Gasteiger partial charge in [0.1, 0.15) is 5.69 Å². The lowest BCUT2D eigenvalue weighted by Crippen LogP contribution is -2.48. The Balaban J connectivity index is 1.66. The molecule has 1 aliphatic heterocycles. The highest BCUT2D eigenvalue weighted by Gasteiger charge is 2.44. The zero-order chi connectivity index (χ0) is 19.9. The molecule has 2 heterocycles. The quantitative estimate of drug-likeness (QED) is 0.722. The van der Waals surface area contributed by atoms with E-state index in [1.54, 1.807) is 20.2 Å². The second-order valence-electron chi connectivity index (χ2n) is 8.05. The number of pyridine rings is 1. The van der Waals surface area contributed by atoms with Crippen molar-refractivity contribution in [1.29, 1.82) is 0 Å². The fourth-order valence-corrected chi connectivity index (χ4v) is 4.91. The lowest BCUT2D eigenvalue weighted by molar-refractivity contribution is 0.0653. The molecule has 2 aromatic rings. The topological polar surface area (TPSA) is 53.5 Å². The summed E-state index contributed by atoms with van der Waals surface area (Å²) in [5.74, 6) is -0.0829. The maximum Gasteiger partial charge on any atom is 0.271 e. The summed E-state index contributed by atoms with van der Waals surface area (Å²) in [5, 5.41) is 0. The zero-order valence-corrected chi connectivity index (χ0v) is 17.8. The molecule has 0 radical (unpaired) electrons. The van der Waals surface area contributed by atoms with Gasteiger partial charge in [-0.1, -0.05) is 34.8 Å². The summed E-state index contributed by atoms with van der Waals surface area (Å²) in [6.45, 7) is 1.13. The van der Waals surface area contributed by atoms with Gasteiger partial charge < -0.3 is 9.80 Å². The predicted octanol–water partition coefficient (Wildman–Crippen LogP) is 4.01. The molecule has 0 unspecified atom stereocenters. The fourth-order valence-electron chi connectivity index (χ4n) is 4.55. The minimum atomic E-state index is -0.130. The molecular formula is C22H24BrN3O2. The Bertz CT molecular complexity index is 935. The first-order valence-corrected chi connectivity index (χ1v) is 10.5. The third kappa shape index (κ3) is 3.34. The van der Waals surface area contributed by atoms with Crippen molar-refractivity contribution >= 4 is 27.7 Å². The maximum absolute atomic E-state index is 13.2. The van der Waals surface area contributed by atoms with Crippen LogP contribution >= 0.6 is 15.9 Å². The van der Waals surface area contributed by atoms with Gasteiger partial charge in [0.15, 0.2) is 0 Å². The van der Waals surface area contributed by atoms with Crippen molar-refractivity contribution in [2.24, 2.45) is 0 Å². The average molecular weight is 442 g/mol. The summed E-state index contributed by atoms with van der Waals surface area (Å²) < 4.78 is 1.02. The van der Waals surface area contributed by atoms with Crippen LogP contribution in [-0.2, 0) is 12.0 Å². The third-order valence-electron chi connectivity index (χ3n) is 5.91. The first kappa shape index (κ1) is 19.1. The van der Waals surface area contributed by atoms with Crippen molar-refractivity contribution < 1.29 is 9.59 Å². The first-order valence-electron chi connectivity index (χ1n) is 9.66. The lowest BCUT2D eigenvalue weighted by Gasteiger charge is -2.42. The van der Waals surface area contributed by atoms with Gasteiger partial charge >= 0.3 is 0 Å². The van der Waals surface area contributed by atoms with Gasteiger partial charge in [0.2, 0.25) is 0 Å². The van der Waals surface area contributed by atoms with Gasteiger partial charge in [-0.05, 0) is 48.7 Å². The van der Waals surface area contributed by atoms with Crippen molar-refractivity contribution in [2.45, 2.75) is 37.6 Å². The molecule has 2 amide bonds. The lowest BCUT2D eigenvalue weighted by atomic mass is 9.73. The van der Waals surface area contributed by atoms with Gasteiger partial charge in [-0.3, -0.25) is 9.59 Å². The number of hydrogen-bond acceptors (Lipinski definition) is 3. The standard InChI is InChI=1S/C22H24BrN3O2/c1-25(2)21(28)19-7-5-6-16(24-19)13-26-14-22(10-3-4-11-22)18-12-15(23)8-9-17(18)20(26)27/h5-9,12H,3-4,10-11,13-14H2,1-2H3. The number of nitrogens with zero attached hydrogens (tertiary/aromatic N) is 3. The highest BCUT2D eigenvalue weighted by Crippen LogP contribution is 2.46. The smallest absolute Gasteiger partial charge is 0.271 e. The SMILES string of the molecule is CN(C)C(=O)c1cccc(CN2CC3(CCCC3)c3cc(Br)ccc3C2=O)n1. The van der Waals surface area contributed by atoms with Crippen molar-refractivity contribution in [3.63, 3.8) is 0 Å². The van der Waals surface area contributed by atoms with E-state index in [9.17, 15) is 9.59 Å². The maximum atomic E-state index is 13.2. The van der Waals surface area contributed by atoms with Crippen molar-refractivity contribution in [3.8, 4) is 0 Å². The summed E-state index contributed by atoms with van der Waals surface area (Å²) in [5.41, 5.74) is 3.17. The first-order chi connectivity index (χ1) is 13.4. The van der Waals surface area contributed by atoms with Crippen LogP contribution in [0.1, 0.15) is 57.8 Å². The number of halogens is 1. The Hall–Kier alpha value is -2.21. The second-order valence-corrected chi connectivity index (χ2v) is 8.97. The Morgan fingerprint density at radius 1 is 1.21 bits per heavy atom. The van der Waals surface area contributed by atoms with E-state index in [1.807, 2.05) is 29.2 Å². The predicted molar refractivity (Wildman–Crippen MR) is 111 cm³/mol. The molecule has 5 nitrogen and oxygen atoms in total. The Morgan fingerprint density at radius 3 is 2.68 bits per heavy atom. The molecule has 2 aliphatic rings. The summed E-state index contributed by atoms with van der Waals surface area (Å²) in [7, 11) is 3.42. The molecule has 0 atom stereocenters. The fraction of sp³-hybridized carbons (Fsp3) is 0.409. The normalized spacial score (nSPS) is 17.7. The molecule has 0 N–H and O–H groups in total. The molecule has 6 heteroatoms. The molecule has 1 spiro atoms. The number of hydrogen-bond donors (Lipinski definition) is 0. The molecular weight excluding hydrogens is 418 g/mol. The van der Waals surface area contributed by atoms with Crippen molar-refractivity contribution in [3.05, 3.63) is 63.4 Å². The van der Waals surface area contributed by atoms with Gasteiger partial charge in [-0.25, -0.2) is 4.98 Å². The van der Waals surface area contributed by atoms with E-state index in [2.05, 4.69) is 27.0 Å². The summed E-state index contributed by atoms with van der Waals surface area (Å²) in [6.07, 6.45) is 4.59. The number of rotatable bonds is 3. The Kier molecular flexibility index (Phi) is 5.00. The molecule has 1 saturated carbocycles. The number of carbonyl (C=O) groups excluding carboxylic acids is 2.